The number of amides is 2. The smallest absolute Gasteiger partial charge is 0.274 e. The first-order valence-corrected chi connectivity index (χ1v) is 8.52. The minimum absolute atomic E-state index is 0.0901. The van der Waals surface area contributed by atoms with Crippen molar-refractivity contribution in [3.05, 3.63) is 16.6 Å². The van der Waals surface area contributed by atoms with Gasteiger partial charge in [0, 0.05) is 24.5 Å². The molecule has 1 aromatic heterocycles. The van der Waals surface area contributed by atoms with Gasteiger partial charge in [0.05, 0.1) is 5.51 Å². The largest absolute Gasteiger partial charge is 0.338 e. The molecule has 1 aromatic rings. The van der Waals surface area contributed by atoms with Gasteiger partial charge in [-0.1, -0.05) is 0 Å². The summed E-state index contributed by atoms with van der Waals surface area (Å²) in [6.45, 7) is 5.54. The van der Waals surface area contributed by atoms with Crippen LogP contribution in [-0.4, -0.2) is 51.3 Å². The molecule has 6 heteroatoms. The molecule has 1 unspecified atom stereocenters. The Labute approximate surface area is 129 Å². The number of carbonyl (C=O) groups is 2. The summed E-state index contributed by atoms with van der Waals surface area (Å²) in [6, 6.07) is 0.187. The molecule has 1 atom stereocenters. The zero-order valence-electron chi connectivity index (χ0n) is 12.5. The lowest BCUT2D eigenvalue weighted by atomic mass is 9.84. The summed E-state index contributed by atoms with van der Waals surface area (Å²) in [5.74, 6) is 0.0394. The highest BCUT2D eigenvalue weighted by atomic mass is 32.1. The van der Waals surface area contributed by atoms with Crippen LogP contribution >= 0.6 is 11.3 Å². The fraction of sp³-hybridized carbons (Fsp3) is 0.667. The third kappa shape index (κ3) is 2.25. The van der Waals surface area contributed by atoms with Crippen molar-refractivity contribution in [3.63, 3.8) is 0 Å². The Morgan fingerprint density at radius 1 is 1.33 bits per heavy atom. The Morgan fingerprint density at radius 3 is 2.67 bits per heavy atom. The molecule has 0 bridgehead atoms. The zero-order valence-corrected chi connectivity index (χ0v) is 13.4. The predicted molar refractivity (Wildman–Crippen MR) is 81.2 cm³/mol. The van der Waals surface area contributed by atoms with Crippen LogP contribution in [0.4, 0.5) is 0 Å². The summed E-state index contributed by atoms with van der Waals surface area (Å²) in [7, 11) is 0. The molecule has 0 N–H and O–H groups in total. The van der Waals surface area contributed by atoms with E-state index in [4.69, 9.17) is 0 Å². The standard InChI is InChI=1S/C15H21N3O2S/c1-11(2)17-7-3-5-15(14(17)20)6-4-8-18(15)13(19)12-9-21-10-16-12/h9-11H,3-8H2,1-2H3. The van der Waals surface area contributed by atoms with Crippen LogP contribution in [0.2, 0.25) is 0 Å². The van der Waals surface area contributed by atoms with Gasteiger partial charge >= 0.3 is 0 Å². The molecule has 0 radical (unpaired) electrons. The molecule has 2 aliphatic heterocycles. The fourth-order valence-corrected chi connectivity index (χ4v) is 4.15. The van der Waals surface area contributed by atoms with Crippen molar-refractivity contribution in [1.82, 2.24) is 14.8 Å². The van der Waals surface area contributed by atoms with Crippen molar-refractivity contribution in [2.24, 2.45) is 0 Å². The molecule has 5 nitrogen and oxygen atoms in total. The Morgan fingerprint density at radius 2 is 2.05 bits per heavy atom. The topological polar surface area (TPSA) is 53.5 Å². The van der Waals surface area contributed by atoms with Gasteiger partial charge in [0.25, 0.3) is 5.91 Å². The molecule has 0 aliphatic carbocycles. The second-order valence-electron chi connectivity index (χ2n) is 6.16. The summed E-state index contributed by atoms with van der Waals surface area (Å²) in [5.41, 5.74) is 1.51. The van der Waals surface area contributed by atoms with Gasteiger partial charge in [-0.3, -0.25) is 9.59 Å². The van der Waals surface area contributed by atoms with Gasteiger partial charge in [-0.2, -0.15) is 0 Å². The third-order valence-electron chi connectivity index (χ3n) is 4.66. The number of piperidine rings is 1. The summed E-state index contributed by atoms with van der Waals surface area (Å²) in [4.78, 5) is 33.5. The Balaban J connectivity index is 1.91. The number of carbonyl (C=O) groups excluding carboxylic acids is 2. The molecule has 0 saturated carbocycles. The van der Waals surface area contributed by atoms with Crippen molar-refractivity contribution >= 4 is 23.2 Å². The molecule has 3 heterocycles. The van der Waals surface area contributed by atoms with Crippen molar-refractivity contribution in [3.8, 4) is 0 Å². The first-order chi connectivity index (χ1) is 10.1. The minimum Gasteiger partial charge on any atom is -0.338 e. The minimum atomic E-state index is -0.622. The monoisotopic (exact) mass is 307 g/mol. The van der Waals surface area contributed by atoms with Crippen LogP contribution < -0.4 is 0 Å². The van der Waals surface area contributed by atoms with Crippen LogP contribution in [0.3, 0.4) is 0 Å². The normalized spacial score (nSPS) is 26.1. The van der Waals surface area contributed by atoms with Gasteiger partial charge in [0.15, 0.2) is 0 Å². The van der Waals surface area contributed by atoms with Crippen molar-refractivity contribution in [2.75, 3.05) is 13.1 Å². The van der Waals surface area contributed by atoms with E-state index in [2.05, 4.69) is 4.98 Å². The number of aromatic nitrogens is 1. The molecule has 1 spiro atoms. The predicted octanol–water partition coefficient (Wildman–Crippen LogP) is 2.15. The second kappa shape index (κ2) is 5.40. The van der Waals surface area contributed by atoms with Gasteiger partial charge in [-0.25, -0.2) is 4.98 Å². The van der Waals surface area contributed by atoms with Crippen LogP contribution in [0.15, 0.2) is 10.9 Å². The highest BCUT2D eigenvalue weighted by molar-refractivity contribution is 7.07. The van der Waals surface area contributed by atoms with Crippen LogP contribution in [0.1, 0.15) is 50.0 Å². The third-order valence-corrected chi connectivity index (χ3v) is 5.24. The fourth-order valence-electron chi connectivity index (χ4n) is 3.62. The number of thiazole rings is 1. The molecule has 3 rings (SSSR count). The summed E-state index contributed by atoms with van der Waals surface area (Å²) >= 11 is 1.41. The Bertz CT molecular complexity index is 543. The SMILES string of the molecule is CC(C)N1CCCC2(CCCN2C(=O)c2cscn2)C1=O. The average molecular weight is 307 g/mol. The average Bonchev–Trinajstić information content (AvgIpc) is 3.11. The first-order valence-electron chi connectivity index (χ1n) is 7.57. The maximum Gasteiger partial charge on any atom is 0.274 e. The highest BCUT2D eigenvalue weighted by Gasteiger charge is 2.53. The number of hydrogen-bond donors (Lipinski definition) is 0. The lowest BCUT2D eigenvalue weighted by Crippen LogP contribution is -2.62. The number of hydrogen-bond acceptors (Lipinski definition) is 4. The summed E-state index contributed by atoms with van der Waals surface area (Å²) in [5, 5.41) is 1.77. The van der Waals surface area contributed by atoms with E-state index < -0.39 is 5.54 Å². The molecule has 0 aromatic carbocycles. The van der Waals surface area contributed by atoms with E-state index in [1.807, 2.05) is 18.7 Å². The number of nitrogens with zero attached hydrogens (tertiary/aromatic N) is 3. The van der Waals surface area contributed by atoms with Gasteiger partial charge in [-0.15, -0.1) is 11.3 Å². The highest BCUT2D eigenvalue weighted by Crippen LogP contribution is 2.39. The maximum absolute atomic E-state index is 13.0. The summed E-state index contributed by atoms with van der Waals surface area (Å²) in [6.07, 6.45) is 3.42. The second-order valence-corrected chi connectivity index (χ2v) is 6.88. The van der Waals surface area contributed by atoms with E-state index in [0.717, 1.165) is 32.2 Å². The molecule has 2 amide bonds. The van der Waals surface area contributed by atoms with E-state index in [0.29, 0.717) is 12.2 Å². The zero-order chi connectivity index (χ0) is 15.0. The number of rotatable bonds is 2. The molecular formula is C15H21N3O2S. The molecule has 2 saturated heterocycles. The van der Waals surface area contributed by atoms with E-state index in [1.165, 1.54) is 11.3 Å². The lowest BCUT2D eigenvalue weighted by molar-refractivity contribution is -0.147. The molecule has 2 aliphatic rings. The molecular weight excluding hydrogens is 286 g/mol. The molecule has 114 valence electrons. The van der Waals surface area contributed by atoms with Gasteiger partial charge in [0.1, 0.15) is 11.2 Å². The Kier molecular flexibility index (Phi) is 3.73. The van der Waals surface area contributed by atoms with Crippen LogP contribution in [0.25, 0.3) is 0 Å². The first kappa shape index (κ1) is 14.5. The van der Waals surface area contributed by atoms with E-state index in [1.54, 1.807) is 15.8 Å². The van der Waals surface area contributed by atoms with Crippen molar-refractivity contribution in [1.29, 1.82) is 0 Å². The van der Waals surface area contributed by atoms with Crippen LogP contribution in [0, 0.1) is 0 Å². The van der Waals surface area contributed by atoms with Crippen LogP contribution in [0.5, 0.6) is 0 Å². The molecule has 21 heavy (non-hydrogen) atoms. The van der Waals surface area contributed by atoms with Gasteiger partial charge in [0.2, 0.25) is 5.91 Å². The quantitative estimate of drug-likeness (QED) is 0.841. The van der Waals surface area contributed by atoms with Crippen molar-refractivity contribution in [2.45, 2.75) is 51.1 Å². The maximum atomic E-state index is 13.0. The lowest BCUT2D eigenvalue weighted by Gasteiger charge is -2.45. The van der Waals surface area contributed by atoms with Crippen LogP contribution in [-0.2, 0) is 4.79 Å². The van der Waals surface area contributed by atoms with Gasteiger partial charge < -0.3 is 9.80 Å². The van der Waals surface area contributed by atoms with E-state index >= 15 is 0 Å². The van der Waals surface area contributed by atoms with Gasteiger partial charge in [-0.05, 0) is 39.5 Å². The molecule has 2 fully saturated rings. The Hall–Kier alpha value is -1.43. The summed E-state index contributed by atoms with van der Waals surface area (Å²) < 4.78 is 0. The number of likely N-dealkylation sites (tertiary alicyclic amines) is 2. The van der Waals surface area contributed by atoms with Crippen molar-refractivity contribution < 1.29 is 9.59 Å². The van der Waals surface area contributed by atoms with E-state index in [-0.39, 0.29) is 17.9 Å². The van der Waals surface area contributed by atoms with E-state index in [9.17, 15) is 9.59 Å².